The standard InChI is InChI=1S/C9H14O3/c1-2-3-4-6-11-8-5-7-12-9(8)10/h5H,2-4,6-7H2,1H3. The normalized spacial score (nSPS) is 15.8. The molecule has 0 fully saturated rings. The van der Waals surface area contributed by atoms with E-state index >= 15 is 0 Å². The van der Waals surface area contributed by atoms with E-state index in [4.69, 9.17) is 4.74 Å². The highest BCUT2D eigenvalue weighted by Gasteiger charge is 2.17. The highest BCUT2D eigenvalue weighted by molar-refractivity contribution is 5.88. The van der Waals surface area contributed by atoms with Gasteiger partial charge in [0.15, 0.2) is 0 Å². The van der Waals surface area contributed by atoms with Crippen LogP contribution >= 0.6 is 0 Å². The Morgan fingerprint density at radius 2 is 2.42 bits per heavy atom. The van der Waals surface area contributed by atoms with Crippen LogP contribution < -0.4 is 0 Å². The molecule has 3 heteroatoms. The van der Waals surface area contributed by atoms with Gasteiger partial charge in [-0.3, -0.25) is 0 Å². The fourth-order valence-corrected chi connectivity index (χ4v) is 1.000. The largest absolute Gasteiger partial charge is 0.487 e. The van der Waals surface area contributed by atoms with Gasteiger partial charge in [0, 0.05) is 6.08 Å². The van der Waals surface area contributed by atoms with Crippen LogP contribution in [-0.4, -0.2) is 19.2 Å². The van der Waals surface area contributed by atoms with Crippen LogP contribution in [0.5, 0.6) is 0 Å². The van der Waals surface area contributed by atoms with Crippen molar-refractivity contribution in [2.45, 2.75) is 26.2 Å². The molecule has 0 aromatic carbocycles. The number of carbonyl (C=O) groups excluding carboxylic acids is 1. The van der Waals surface area contributed by atoms with Crippen molar-refractivity contribution in [2.24, 2.45) is 0 Å². The lowest BCUT2D eigenvalue weighted by atomic mass is 10.3. The van der Waals surface area contributed by atoms with Crippen LogP contribution in [-0.2, 0) is 14.3 Å². The Hall–Kier alpha value is -0.990. The second-order valence-electron chi connectivity index (χ2n) is 2.72. The van der Waals surface area contributed by atoms with E-state index in [2.05, 4.69) is 11.7 Å². The molecule has 0 bridgehead atoms. The van der Waals surface area contributed by atoms with Gasteiger partial charge in [-0.25, -0.2) is 4.79 Å². The SMILES string of the molecule is CCCCCOC1=CCOC1=O. The predicted molar refractivity (Wildman–Crippen MR) is 44.5 cm³/mol. The van der Waals surface area contributed by atoms with E-state index in [0.717, 1.165) is 19.3 Å². The molecule has 1 aliphatic rings. The summed E-state index contributed by atoms with van der Waals surface area (Å²) in [6.07, 6.45) is 4.98. The molecule has 1 heterocycles. The van der Waals surface area contributed by atoms with Gasteiger partial charge in [-0.1, -0.05) is 19.8 Å². The fourth-order valence-electron chi connectivity index (χ4n) is 1.000. The third-order valence-electron chi connectivity index (χ3n) is 1.69. The number of hydrogen-bond acceptors (Lipinski definition) is 3. The lowest BCUT2D eigenvalue weighted by Crippen LogP contribution is -2.04. The molecule has 0 saturated carbocycles. The van der Waals surface area contributed by atoms with Crippen molar-refractivity contribution in [2.75, 3.05) is 13.2 Å². The first-order valence-corrected chi connectivity index (χ1v) is 4.34. The Bertz CT molecular complexity index is 184. The smallest absolute Gasteiger partial charge is 0.373 e. The number of rotatable bonds is 5. The fraction of sp³-hybridized carbons (Fsp3) is 0.667. The first-order chi connectivity index (χ1) is 5.84. The lowest BCUT2D eigenvalue weighted by molar-refractivity contribution is -0.139. The number of unbranched alkanes of at least 4 members (excludes halogenated alkanes) is 2. The van der Waals surface area contributed by atoms with Gasteiger partial charge in [0.2, 0.25) is 5.76 Å². The average Bonchev–Trinajstić information content (AvgIpc) is 2.46. The molecular weight excluding hydrogens is 156 g/mol. The summed E-state index contributed by atoms with van der Waals surface area (Å²) < 4.78 is 9.87. The maximum Gasteiger partial charge on any atom is 0.373 e. The molecule has 0 aliphatic carbocycles. The lowest BCUT2D eigenvalue weighted by Gasteiger charge is -2.02. The maximum absolute atomic E-state index is 10.8. The van der Waals surface area contributed by atoms with E-state index < -0.39 is 0 Å². The van der Waals surface area contributed by atoms with E-state index in [0.29, 0.717) is 19.0 Å². The van der Waals surface area contributed by atoms with Gasteiger partial charge in [0.1, 0.15) is 6.61 Å². The minimum absolute atomic E-state index is 0.327. The summed E-state index contributed by atoms with van der Waals surface area (Å²) in [7, 11) is 0. The summed E-state index contributed by atoms with van der Waals surface area (Å²) in [5, 5.41) is 0. The van der Waals surface area contributed by atoms with Crippen molar-refractivity contribution in [3.63, 3.8) is 0 Å². The van der Waals surface area contributed by atoms with Crippen LogP contribution in [0.2, 0.25) is 0 Å². The van der Waals surface area contributed by atoms with Crippen molar-refractivity contribution < 1.29 is 14.3 Å². The number of ether oxygens (including phenoxy) is 2. The quantitative estimate of drug-likeness (QED) is 0.464. The summed E-state index contributed by atoms with van der Waals surface area (Å²) in [5.74, 6) is 0.0533. The number of carbonyl (C=O) groups is 1. The average molecular weight is 170 g/mol. The molecule has 0 unspecified atom stereocenters. The van der Waals surface area contributed by atoms with Crippen molar-refractivity contribution in [3.8, 4) is 0 Å². The van der Waals surface area contributed by atoms with E-state index in [9.17, 15) is 4.79 Å². The van der Waals surface area contributed by atoms with Gasteiger partial charge in [-0.2, -0.15) is 0 Å². The molecule has 0 N–H and O–H groups in total. The summed E-state index contributed by atoms with van der Waals surface area (Å²) in [6, 6.07) is 0. The molecule has 0 spiro atoms. The predicted octanol–water partition coefficient (Wildman–Crippen LogP) is 1.63. The molecule has 0 saturated heterocycles. The van der Waals surface area contributed by atoms with Gasteiger partial charge >= 0.3 is 5.97 Å². The summed E-state index contributed by atoms with van der Waals surface area (Å²) in [4.78, 5) is 10.8. The van der Waals surface area contributed by atoms with Crippen molar-refractivity contribution in [1.29, 1.82) is 0 Å². The third kappa shape index (κ3) is 2.57. The molecule has 68 valence electrons. The van der Waals surface area contributed by atoms with Gasteiger partial charge < -0.3 is 9.47 Å². The Kier molecular flexibility index (Phi) is 3.64. The summed E-state index contributed by atoms with van der Waals surface area (Å²) in [6.45, 7) is 3.11. The Balaban J connectivity index is 2.10. The molecule has 1 aliphatic heterocycles. The molecule has 1 rings (SSSR count). The molecule has 12 heavy (non-hydrogen) atoms. The van der Waals surface area contributed by atoms with E-state index in [1.807, 2.05) is 0 Å². The zero-order chi connectivity index (χ0) is 8.81. The third-order valence-corrected chi connectivity index (χ3v) is 1.69. The van der Waals surface area contributed by atoms with Crippen LogP contribution in [0.3, 0.4) is 0 Å². The van der Waals surface area contributed by atoms with E-state index in [-0.39, 0.29) is 5.97 Å². The molecule has 3 nitrogen and oxygen atoms in total. The minimum Gasteiger partial charge on any atom is -0.487 e. The maximum atomic E-state index is 10.8. The molecular formula is C9H14O3. The van der Waals surface area contributed by atoms with Gasteiger partial charge in [0.25, 0.3) is 0 Å². The van der Waals surface area contributed by atoms with Crippen LogP contribution in [0.15, 0.2) is 11.8 Å². The molecule has 0 aromatic rings. The highest BCUT2D eigenvalue weighted by Crippen LogP contribution is 2.08. The van der Waals surface area contributed by atoms with Crippen molar-refractivity contribution in [1.82, 2.24) is 0 Å². The van der Waals surface area contributed by atoms with Crippen LogP contribution in [0, 0.1) is 0 Å². The van der Waals surface area contributed by atoms with Crippen molar-refractivity contribution in [3.05, 3.63) is 11.8 Å². The number of cyclic esters (lactones) is 1. The summed E-state index contributed by atoms with van der Waals surface area (Å²) in [5.41, 5.74) is 0. The monoisotopic (exact) mass is 170 g/mol. The molecule has 0 aromatic heterocycles. The zero-order valence-corrected chi connectivity index (χ0v) is 7.34. The van der Waals surface area contributed by atoms with Gasteiger partial charge in [-0.05, 0) is 6.42 Å². The highest BCUT2D eigenvalue weighted by atomic mass is 16.6. The Labute approximate surface area is 72.4 Å². The van der Waals surface area contributed by atoms with Gasteiger partial charge in [-0.15, -0.1) is 0 Å². The molecule has 0 amide bonds. The Morgan fingerprint density at radius 1 is 1.58 bits per heavy atom. The molecule has 0 radical (unpaired) electrons. The minimum atomic E-state index is -0.327. The number of hydrogen-bond donors (Lipinski definition) is 0. The zero-order valence-electron chi connectivity index (χ0n) is 7.34. The van der Waals surface area contributed by atoms with E-state index in [1.54, 1.807) is 6.08 Å². The first kappa shape index (κ1) is 9.10. The second-order valence-corrected chi connectivity index (χ2v) is 2.72. The topological polar surface area (TPSA) is 35.5 Å². The van der Waals surface area contributed by atoms with Crippen LogP contribution in [0.4, 0.5) is 0 Å². The molecule has 0 atom stereocenters. The van der Waals surface area contributed by atoms with Crippen LogP contribution in [0.25, 0.3) is 0 Å². The second kappa shape index (κ2) is 4.80. The number of esters is 1. The summed E-state index contributed by atoms with van der Waals surface area (Å²) >= 11 is 0. The van der Waals surface area contributed by atoms with Crippen LogP contribution in [0.1, 0.15) is 26.2 Å². The Morgan fingerprint density at radius 3 is 3.00 bits per heavy atom. The van der Waals surface area contributed by atoms with Gasteiger partial charge in [0.05, 0.1) is 6.61 Å². The van der Waals surface area contributed by atoms with E-state index in [1.165, 1.54) is 0 Å². The first-order valence-electron chi connectivity index (χ1n) is 4.34. The van der Waals surface area contributed by atoms with Crippen molar-refractivity contribution >= 4 is 5.97 Å².